The van der Waals surface area contributed by atoms with Crippen LogP contribution in [-0.4, -0.2) is 19.1 Å². The normalized spacial score (nSPS) is 14.6. The summed E-state index contributed by atoms with van der Waals surface area (Å²) >= 11 is 0. The lowest BCUT2D eigenvalue weighted by Crippen LogP contribution is -2.29. The van der Waals surface area contributed by atoms with E-state index < -0.39 is 5.97 Å². The lowest BCUT2D eigenvalue weighted by Gasteiger charge is -2.20. The summed E-state index contributed by atoms with van der Waals surface area (Å²) in [5.41, 5.74) is 0. The molecule has 0 aliphatic carbocycles. The van der Waals surface area contributed by atoms with Crippen molar-refractivity contribution in [3.05, 3.63) is 23.7 Å². The van der Waals surface area contributed by atoms with Crippen LogP contribution in [0, 0.1) is 5.92 Å². The molecular formula is C14H23NO3. The minimum atomic E-state index is -0.441. The Morgan fingerprint density at radius 3 is 2.56 bits per heavy atom. The van der Waals surface area contributed by atoms with Gasteiger partial charge in [0.2, 0.25) is 5.76 Å². The predicted molar refractivity (Wildman–Crippen MR) is 70.5 cm³/mol. The van der Waals surface area contributed by atoms with Gasteiger partial charge in [-0.25, -0.2) is 4.79 Å². The Labute approximate surface area is 109 Å². The Morgan fingerprint density at radius 2 is 2.00 bits per heavy atom. The third kappa shape index (κ3) is 4.18. The lowest BCUT2D eigenvalue weighted by molar-refractivity contribution is 0.0562. The molecule has 0 aliphatic heterocycles. The fourth-order valence-corrected chi connectivity index (χ4v) is 2.08. The molecule has 1 rings (SSSR count). The molecule has 4 heteroatoms. The molecule has 0 bridgehead atoms. The fraction of sp³-hybridized carbons (Fsp3) is 0.643. The van der Waals surface area contributed by atoms with Crippen molar-refractivity contribution < 1.29 is 13.9 Å². The Hall–Kier alpha value is -1.29. The molecule has 0 fully saturated rings. The molecule has 18 heavy (non-hydrogen) atoms. The number of hydrogen-bond acceptors (Lipinski definition) is 4. The smallest absolute Gasteiger partial charge is 0.373 e. The van der Waals surface area contributed by atoms with Gasteiger partial charge < -0.3 is 14.5 Å². The average Bonchev–Trinajstić information content (AvgIpc) is 2.75. The molecule has 0 amide bonds. The number of esters is 1. The van der Waals surface area contributed by atoms with Crippen molar-refractivity contribution in [2.75, 3.05) is 7.11 Å². The van der Waals surface area contributed by atoms with E-state index in [1.807, 2.05) is 13.0 Å². The molecule has 0 radical (unpaired) electrons. The van der Waals surface area contributed by atoms with Crippen LogP contribution in [0.25, 0.3) is 0 Å². The minimum absolute atomic E-state index is 0.0807. The predicted octanol–water partition coefficient (Wildman–Crippen LogP) is 3.15. The van der Waals surface area contributed by atoms with E-state index in [4.69, 9.17) is 4.42 Å². The van der Waals surface area contributed by atoms with E-state index in [0.29, 0.717) is 12.0 Å². The maximum Gasteiger partial charge on any atom is 0.373 e. The first-order valence-corrected chi connectivity index (χ1v) is 6.38. The second-order valence-electron chi connectivity index (χ2n) is 5.11. The van der Waals surface area contributed by atoms with Crippen LogP contribution in [0.1, 0.15) is 56.5 Å². The largest absolute Gasteiger partial charge is 0.463 e. The molecule has 0 saturated heterocycles. The van der Waals surface area contributed by atoms with Crippen LogP contribution in [-0.2, 0) is 4.74 Å². The van der Waals surface area contributed by atoms with E-state index in [9.17, 15) is 4.79 Å². The topological polar surface area (TPSA) is 51.5 Å². The summed E-state index contributed by atoms with van der Waals surface area (Å²) in [6, 6.07) is 3.95. The van der Waals surface area contributed by atoms with Crippen LogP contribution in [0.5, 0.6) is 0 Å². The highest BCUT2D eigenvalue weighted by Gasteiger charge is 2.17. The van der Waals surface area contributed by atoms with Gasteiger partial charge in [-0.05, 0) is 38.3 Å². The van der Waals surface area contributed by atoms with Gasteiger partial charge in [-0.15, -0.1) is 0 Å². The van der Waals surface area contributed by atoms with E-state index in [1.54, 1.807) is 6.07 Å². The average molecular weight is 253 g/mol. The molecule has 0 aromatic carbocycles. The molecule has 2 atom stereocenters. The number of carbonyl (C=O) groups excluding carboxylic acids is 1. The fourth-order valence-electron chi connectivity index (χ4n) is 2.08. The van der Waals surface area contributed by atoms with Crippen molar-refractivity contribution in [1.82, 2.24) is 5.32 Å². The SMILES string of the molecule is COC(=O)c1ccc(C(C)NC(C)CC(C)C)o1. The maximum absolute atomic E-state index is 11.3. The Kier molecular flexibility index (Phi) is 5.41. The minimum Gasteiger partial charge on any atom is -0.463 e. The van der Waals surface area contributed by atoms with Gasteiger partial charge in [0.05, 0.1) is 13.2 Å². The molecule has 1 aromatic heterocycles. The van der Waals surface area contributed by atoms with E-state index in [0.717, 1.165) is 12.2 Å². The molecule has 102 valence electrons. The summed E-state index contributed by atoms with van der Waals surface area (Å²) in [5.74, 6) is 1.22. The van der Waals surface area contributed by atoms with Crippen LogP contribution >= 0.6 is 0 Å². The van der Waals surface area contributed by atoms with E-state index in [2.05, 4.69) is 30.8 Å². The van der Waals surface area contributed by atoms with Gasteiger partial charge in [-0.1, -0.05) is 13.8 Å². The van der Waals surface area contributed by atoms with Crippen molar-refractivity contribution in [2.24, 2.45) is 5.92 Å². The number of carbonyl (C=O) groups is 1. The second-order valence-corrected chi connectivity index (χ2v) is 5.11. The molecule has 0 saturated carbocycles. The Bertz CT molecular complexity index is 384. The standard InChI is InChI=1S/C14H23NO3/c1-9(2)8-10(3)15-11(4)12-6-7-13(18-12)14(16)17-5/h6-7,9-11,15H,8H2,1-5H3. The summed E-state index contributed by atoms with van der Waals surface area (Å²) in [7, 11) is 1.34. The second kappa shape index (κ2) is 6.59. The van der Waals surface area contributed by atoms with E-state index in [-0.39, 0.29) is 11.8 Å². The van der Waals surface area contributed by atoms with Gasteiger partial charge in [0.25, 0.3) is 0 Å². The van der Waals surface area contributed by atoms with Crippen LogP contribution in [0.3, 0.4) is 0 Å². The molecule has 1 heterocycles. The number of ether oxygens (including phenoxy) is 1. The van der Waals surface area contributed by atoms with E-state index >= 15 is 0 Å². The maximum atomic E-state index is 11.3. The van der Waals surface area contributed by atoms with Gasteiger partial charge in [-0.2, -0.15) is 0 Å². The van der Waals surface area contributed by atoms with Crippen molar-refractivity contribution in [2.45, 2.75) is 46.2 Å². The van der Waals surface area contributed by atoms with Crippen molar-refractivity contribution in [1.29, 1.82) is 0 Å². The summed E-state index contributed by atoms with van der Waals surface area (Å²) < 4.78 is 10.1. The van der Waals surface area contributed by atoms with E-state index in [1.165, 1.54) is 7.11 Å². The quantitative estimate of drug-likeness (QED) is 0.791. The molecule has 0 spiro atoms. The van der Waals surface area contributed by atoms with Gasteiger partial charge in [-0.3, -0.25) is 0 Å². The van der Waals surface area contributed by atoms with Crippen molar-refractivity contribution >= 4 is 5.97 Å². The number of hydrogen-bond donors (Lipinski definition) is 1. The molecule has 4 nitrogen and oxygen atoms in total. The first-order valence-electron chi connectivity index (χ1n) is 6.38. The highest BCUT2D eigenvalue weighted by Crippen LogP contribution is 2.18. The number of methoxy groups -OCH3 is 1. The Morgan fingerprint density at radius 1 is 1.33 bits per heavy atom. The molecule has 2 unspecified atom stereocenters. The van der Waals surface area contributed by atoms with Gasteiger partial charge in [0, 0.05) is 6.04 Å². The van der Waals surface area contributed by atoms with Crippen LogP contribution in [0.15, 0.2) is 16.5 Å². The van der Waals surface area contributed by atoms with Gasteiger partial charge >= 0.3 is 5.97 Å². The first kappa shape index (κ1) is 14.8. The third-order valence-corrected chi connectivity index (χ3v) is 2.80. The number of furan rings is 1. The zero-order chi connectivity index (χ0) is 13.7. The molecule has 1 aromatic rings. The number of rotatable bonds is 6. The Balaban J connectivity index is 2.58. The van der Waals surface area contributed by atoms with Crippen molar-refractivity contribution in [3.63, 3.8) is 0 Å². The summed E-state index contributed by atoms with van der Waals surface area (Å²) in [6.07, 6.45) is 1.11. The van der Waals surface area contributed by atoms with Crippen molar-refractivity contribution in [3.8, 4) is 0 Å². The summed E-state index contributed by atoms with van der Waals surface area (Å²) in [4.78, 5) is 11.3. The molecular weight excluding hydrogens is 230 g/mol. The third-order valence-electron chi connectivity index (χ3n) is 2.80. The summed E-state index contributed by atoms with van der Waals surface area (Å²) in [5, 5.41) is 3.45. The lowest BCUT2D eigenvalue weighted by atomic mass is 10.0. The molecule has 1 N–H and O–H groups in total. The van der Waals surface area contributed by atoms with Gasteiger partial charge in [0.1, 0.15) is 5.76 Å². The van der Waals surface area contributed by atoms with Crippen LogP contribution < -0.4 is 5.32 Å². The van der Waals surface area contributed by atoms with Gasteiger partial charge in [0.15, 0.2) is 0 Å². The monoisotopic (exact) mass is 253 g/mol. The highest BCUT2D eigenvalue weighted by molar-refractivity contribution is 5.86. The molecule has 0 aliphatic rings. The summed E-state index contributed by atoms with van der Waals surface area (Å²) in [6.45, 7) is 8.58. The zero-order valence-corrected chi connectivity index (χ0v) is 11.8. The van der Waals surface area contributed by atoms with Crippen LogP contribution in [0.4, 0.5) is 0 Å². The highest BCUT2D eigenvalue weighted by atomic mass is 16.5. The zero-order valence-electron chi connectivity index (χ0n) is 11.8. The van der Waals surface area contributed by atoms with Crippen LogP contribution in [0.2, 0.25) is 0 Å². The first-order chi connectivity index (χ1) is 8.43. The number of nitrogens with one attached hydrogen (secondary N) is 1.